The van der Waals surface area contributed by atoms with Gasteiger partial charge in [-0.15, -0.1) is 0 Å². The van der Waals surface area contributed by atoms with Crippen LogP contribution in [0.15, 0.2) is 36.8 Å². The van der Waals surface area contributed by atoms with Gasteiger partial charge in [-0.2, -0.15) is 13.2 Å². The highest BCUT2D eigenvalue weighted by molar-refractivity contribution is 5.33. The Morgan fingerprint density at radius 3 is 2.89 bits per heavy atom. The number of hydrogen-bond acceptors (Lipinski definition) is 1. The normalized spacial score (nSPS) is 19.2. The number of alkyl halides is 3. The molecule has 2 aromatic rings. The van der Waals surface area contributed by atoms with Crippen molar-refractivity contribution in [3.8, 4) is 0 Å². The van der Waals surface area contributed by atoms with Crippen LogP contribution in [0.4, 0.5) is 13.2 Å². The lowest BCUT2D eigenvalue weighted by atomic mass is 9.88. The smallest absolute Gasteiger partial charge is 0.334 e. The molecule has 1 aliphatic heterocycles. The fraction of sp³-hybridized carbons (Fsp3) is 0.357. The minimum atomic E-state index is -4.29. The number of imidazole rings is 1. The number of rotatable bonds is 1. The van der Waals surface area contributed by atoms with Crippen molar-refractivity contribution in [1.29, 1.82) is 0 Å². The van der Waals surface area contributed by atoms with Gasteiger partial charge in [-0.1, -0.05) is 18.2 Å². The van der Waals surface area contributed by atoms with Crippen LogP contribution in [0.2, 0.25) is 0 Å². The summed E-state index contributed by atoms with van der Waals surface area (Å²) in [5.41, 5.74) is 1.14. The van der Waals surface area contributed by atoms with Gasteiger partial charge in [0.1, 0.15) is 0 Å². The number of nitrogens with zero attached hydrogens (tertiary/aromatic N) is 2. The number of benzene rings is 1. The monoisotopic (exact) mass is 266 g/mol. The maximum atomic E-state index is 12.8. The van der Waals surface area contributed by atoms with E-state index in [1.54, 1.807) is 18.6 Å². The summed E-state index contributed by atoms with van der Waals surface area (Å²) < 4.78 is 40.3. The van der Waals surface area contributed by atoms with Gasteiger partial charge in [-0.05, 0) is 24.5 Å². The standard InChI is InChI=1S/C14H13F3N2/c15-14(16,17)11-4-1-3-10(7-11)12-5-2-6-19-9-18-8-13(12)19/h1,3-4,7-9,12H,2,5-6H2. The zero-order chi connectivity index (χ0) is 13.5. The maximum Gasteiger partial charge on any atom is 0.416 e. The van der Waals surface area contributed by atoms with E-state index in [1.807, 2.05) is 4.57 Å². The van der Waals surface area contributed by atoms with E-state index < -0.39 is 11.7 Å². The molecule has 1 atom stereocenters. The Morgan fingerprint density at radius 2 is 2.11 bits per heavy atom. The van der Waals surface area contributed by atoms with Crippen LogP contribution in [0.1, 0.15) is 35.6 Å². The van der Waals surface area contributed by atoms with Gasteiger partial charge in [0.2, 0.25) is 0 Å². The predicted octanol–water partition coefficient (Wildman–Crippen LogP) is 3.83. The Labute approximate surface area is 108 Å². The van der Waals surface area contributed by atoms with Crippen LogP contribution in [0.25, 0.3) is 0 Å². The Balaban J connectivity index is 2.01. The van der Waals surface area contributed by atoms with Crippen LogP contribution < -0.4 is 0 Å². The molecule has 2 nitrogen and oxygen atoms in total. The molecular formula is C14H13F3N2. The van der Waals surface area contributed by atoms with E-state index in [1.165, 1.54) is 12.1 Å². The van der Waals surface area contributed by atoms with Crippen LogP contribution in [0, 0.1) is 0 Å². The first-order chi connectivity index (χ1) is 9.05. The van der Waals surface area contributed by atoms with E-state index in [9.17, 15) is 13.2 Å². The number of aromatic nitrogens is 2. The Kier molecular flexibility index (Phi) is 2.84. The minimum absolute atomic E-state index is 0.0125. The first kappa shape index (κ1) is 12.3. The molecular weight excluding hydrogens is 253 g/mol. The molecule has 100 valence electrons. The molecule has 0 radical (unpaired) electrons. The minimum Gasteiger partial charge on any atom is -0.334 e. The van der Waals surface area contributed by atoms with Crippen LogP contribution in [-0.4, -0.2) is 9.55 Å². The highest BCUT2D eigenvalue weighted by atomic mass is 19.4. The van der Waals surface area contributed by atoms with E-state index >= 15 is 0 Å². The van der Waals surface area contributed by atoms with Gasteiger partial charge in [0.25, 0.3) is 0 Å². The van der Waals surface area contributed by atoms with Gasteiger partial charge in [0, 0.05) is 24.4 Å². The van der Waals surface area contributed by atoms with Crippen molar-refractivity contribution in [3.63, 3.8) is 0 Å². The number of hydrogen-bond donors (Lipinski definition) is 0. The first-order valence-corrected chi connectivity index (χ1v) is 6.23. The van der Waals surface area contributed by atoms with Crippen molar-refractivity contribution in [2.45, 2.75) is 31.5 Å². The summed E-state index contributed by atoms with van der Waals surface area (Å²) in [5, 5.41) is 0. The van der Waals surface area contributed by atoms with Gasteiger partial charge < -0.3 is 4.57 Å². The van der Waals surface area contributed by atoms with Crippen molar-refractivity contribution in [2.24, 2.45) is 0 Å². The molecule has 0 bridgehead atoms. The summed E-state index contributed by atoms with van der Waals surface area (Å²) >= 11 is 0. The molecule has 1 unspecified atom stereocenters. The lowest BCUT2D eigenvalue weighted by Crippen LogP contribution is -2.16. The Hall–Kier alpha value is -1.78. The van der Waals surface area contributed by atoms with Gasteiger partial charge in [0.05, 0.1) is 11.9 Å². The van der Waals surface area contributed by atoms with Gasteiger partial charge in [-0.25, -0.2) is 4.98 Å². The zero-order valence-electron chi connectivity index (χ0n) is 10.2. The van der Waals surface area contributed by atoms with Gasteiger partial charge in [-0.3, -0.25) is 0 Å². The molecule has 0 saturated heterocycles. The largest absolute Gasteiger partial charge is 0.416 e. The van der Waals surface area contributed by atoms with E-state index in [-0.39, 0.29) is 5.92 Å². The second kappa shape index (κ2) is 4.40. The van der Waals surface area contributed by atoms with Crippen molar-refractivity contribution in [2.75, 3.05) is 0 Å². The molecule has 0 fully saturated rings. The zero-order valence-corrected chi connectivity index (χ0v) is 10.2. The van der Waals surface area contributed by atoms with Gasteiger partial charge >= 0.3 is 6.18 Å². The van der Waals surface area contributed by atoms with Crippen LogP contribution in [-0.2, 0) is 12.7 Å². The topological polar surface area (TPSA) is 17.8 Å². The molecule has 0 spiro atoms. The molecule has 0 saturated carbocycles. The number of halogens is 3. The lowest BCUT2D eigenvalue weighted by molar-refractivity contribution is -0.137. The summed E-state index contributed by atoms with van der Waals surface area (Å²) in [5.74, 6) is 0.0125. The van der Waals surface area contributed by atoms with Crippen LogP contribution in [0.5, 0.6) is 0 Å². The second-order valence-electron chi connectivity index (χ2n) is 4.83. The third kappa shape index (κ3) is 2.25. The summed E-state index contributed by atoms with van der Waals surface area (Å²) in [6, 6.07) is 5.62. The van der Waals surface area contributed by atoms with E-state index in [2.05, 4.69) is 4.98 Å². The third-order valence-corrected chi connectivity index (χ3v) is 3.61. The average Bonchev–Trinajstić information content (AvgIpc) is 2.86. The van der Waals surface area contributed by atoms with E-state index in [4.69, 9.17) is 0 Å². The molecule has 5 heteroatoms. The summed E-state index contributed by atoms with van der Waals surface area (Å²) in [4.78, 5) is 4.09. The molecule has 19 heavy (non-hydrogen) atoms. The Morgan fingerprint density at radius 1 is 1.26 bits per heavy atom. The molecule has 1 aromatic heterocycles. The SMILES string of the molecule is FC(F)(F)c1cccc(C2CCCn3cncc32)c1. The molecule has 1 aromatic carbocycles. The molecule has 0 aliphatic carbocycles. The van der Waals surface area contributed by atoms with Crippen molar-refractivity contribution >= 4 is 0 Å². The lowest BCUT2D eigenvalue weighted by Gasteiger charge is -2.25. The third-order valence-electron chi connectivity index (χ3n) is 3.61. The summed E-state index contributed by atoms with van der Waals surface area (Å²) in [6.45, 7) is 0.894. The first-order valence-electron chi connectivity index (χ1n) is 6.23. The van der Waals surface area contributed by atoms with Gasteiger partial charge in [0.15, 0.2) is 0 Å². The van der Waals surface area contributed by atoms with Crippen molar-refractivity contribution < 1.29 is 13.2 Å². The number of fused-ring (bicyclic) bond motifs is 1. The summed E-state index contributed by atoms with van der Waals surface area (Å²) in [6.07, 6.45) is 1.04. The quantitative estimate of drug-likeness (QED) is 0.767. The van der Waals surface area contributed by atoms with E-state index in [0.717, 1.165) is 36.7 Å². The van der Waals surface area contributed by atoms with E-state index in [0.29, 0.717) is 0 Å². The van der Waals surface area contributed by atoms with Crippen molar-refractivity contribution in [3.05, 3.63) is 53.6 Å². The molecule has 1 aliphatic rings. The average molecular weight is 266 g/mol. The summed E-state index contributed by atoms with van der Waals surface area (Å²) in [7, 11) is 0. The van der Waals surface area contributed by atoms with Crippen LogP contribution >= 0.6 is 0 Å². The fourth-order valence-electron chi connectivity index (χ4n) is 2.69. The number of aryl methyl sites for hydroxylation is 1. The molecule has 3 rings (SSSR count). The molecule has 0 N–H and O–H groups in total. The highest BCUT2D eigenvalue weighted by Gasteiger charge is 2.31. The van der Waals surface area contributed by atoms with Crippen LogP contribution in [0.3, 0.4) is 0 Å². The highest BCUT2D eigenvalue weighted by Crippen LogP contribution is 2.36. The molecule has 2 heterocycles. The predicted molar refractivity (Wildman–Crippen MR) is 64.7 cm³/mol. The van der Waals surface area contributed by atoms with Crippen molar-refractivity contribution in [1.82, 2.24) is 9.55 Å². The second-order valence-corrected chi connectivity index (χ2v) is 4.83. The maximum absolute atomic E-state index is 12.8. The fourth-order valence-corrected chi connectivity index (χ4v) is 2.69. The Bertz CT molecular complexity index is 586. The molecule has 0 amide bonds.